The average molecular weight is 667 g/mol. The first-order chi connectivity index (χ1) is 21.2. The van der Waals surface area contributed by atoms with E-state index in [2.05, 4.69) is 25.1 Å². The maximum absolute atomic E-state index is 13.3. The number of carboxylic acids is 2. The van der Waals surface area contributed by atoms with Crippen molar-refractivity contribution in [1.29, 1.82) is 0 Å². The van der Waals surface area contributed by atoms with Crippen LogP contribution in [0.4, 0.5) is 21.4 Å². The molecule has 45 heavy (non-hydrogen) atoms. The molecule has 1 unspecified atom stereocenters. The molecule has 242 valence electrons. The first kappa shape index (κ1) is 33.1. The Morgan fingerprint density at radius 1 is 1.27 bits per heavy atom. The number of ketones is 1. The van der Waals surface area contributed by atoms with Crippen LogP contribution in [0.25, 0.3) is 0 Å². The number of anilines is 3. The topological polar surface area (TPSA) is 287 Å². The van der Waals surface area contributed by atoms with Crippen molar-refractivity contribution in [3.63, 3.8) is 0 Å². The first-order valence-electron chi connectivity index (χ1n) is 13.3. The van der Waals surface area contributed by atoms with Gasteiger partial charge in [0.15, 0.2) is 34.7 Å². The molecule has 1 saturated heterocycles. The highest BCUT2D eigenvalue weighted by molar-refractivity contribution is 8.00. The predicted octanol–water partition coefficient (Wildman–Crippen LogP) is -1.48. The maximum atomic E-state index is 13.3. The molecule has 19 nitrogen and oxygen atoms in total. The van der Waals surface area contributed by atoms with E-state index < -0.39 is 58.7 Å². The minimum atomic E-state index is -1.79. The molecule has 3 amide bonds. The number of β-lactam (4-membered cyclic amide) rings is 1. The van der Waals surface area contributed by atoms with Crippen molar-refractivity contribution in [3.05, 3.63) is 23.3 Å². The minimum absolute atomic E-state index is 0.0242. The number of carbonyl (C=O) groups is 5. The number of hydrogen-bond donors (Lipinski definition) is 7. The number of amides is 3. The van der Waals surface area contributed by atoms with Gasteiger partial charge in [-0.25, -0.2) is 14.4 Å². The number of fused-ring (bicyclic) bond motifs is 1. The third kappa shape index (κ3) is 6.83. The Labute approximate surface area is 263 Å². The zero-order chi connectivity index (χ0) is 33.2. The molecule has 2 aliphatic heterocycles. The SMILES string of the molecule is Cn1c(N)c(NC(=O)NCCN)c[n+]1CC1=C(C(=O)O)N2C(=O)[C@H](CC(=O)/C(=N\OC(C)(C)C(=O)O)c3nsc(N)n3)C2SC1. The van der Waals surface area contributed by atoms with Gasteiger partial charge < -0.3 is 37.6 Å². The van der Waals surface area contributed by atoms with E-state index in [4.69, 9.17) is 22.0 Å². The second-order valence-corrected chi connectivity index (χ2v) is 12.3. The summed E-state index contributed by atoms with van der Waals surface area (Å²) >= 11 is 2.06. The summed E-state index contributed by atoms with van der Waals surface area (Å²) in [4.78, 5) is 72.8. The normalized spacial score (nSPS) is 18.3. The highest BCUT2D eigenvalue weighted by Gasteiger charge is 2.54. The summed E-state index contributed by atoms with van der Waals surface area (Å²) in [6.07, 6.45) is 1.14. The summed E-state index contributed by atoms with van der Waals surface area (Å²) in [5, 5.41) is 27.7. The van der Waals surface area contributed by atoms with Crippen LogP contribution in [0.2, 0.25) is 0 Å². The quantitative estimate of drug-likeness (QED) is 0.0556. The van der Waals surface area contributed by atoms with Crippen molar-refractivity contribution in [2.75, 3.05) is 35.6 Å². The average Bonchev–Trinajstić information content (AvgIpc) is 3.52. The van der Waals surface area contributed by atoms with Gasteiger partial charge in [0.2, 0.25) is 23.5 Å². The van der Waals surface area contributed by atoms with E-state index in [1.54, 1.807) is 11.7 Å². The van der Waals surface area contributed by atoms with Gasteiger partial charge >= 0.3 is 18.0 Å². The molecule has 0 aromatic carbocycles. The van der Waals surface area contributed by atoms with E-state index in [9.17, 15) is 34.2 Å². The Bertz CT molecular complexity index is 1620. The second kappa shape index (κ2) is 13.1. The van der Waals surface area contributed by atoms with Crippen molar-refractivity contribution in [3.8, 4) is 0 Å². The van der Waals surface area contributed by atoms with Gasteiger partial charge in [0.05, 0.1) is 18.3 Å². The molecule has 2 atom stereocenters. The summed E-state index contributed by atoms with van der Waals surface area (Å²) in [5.74, 6) is -4.67. The number of hydrogen-bond acceptors (Lipinski definition) is 14. The molecular formula is C24H32N11O8S2+. The van der Waals surface area contributed by atoms with Crippen LogP contribution in [-0.2, 0) is 37.6 Å². The van der Waals surface area contributed by atoms with Crippen molar-refractivity contribution in [1.82, 2.24) is 24.3 Å². The van der Waals surface area contributed by atoms with Crippen LogP contribution in [0.5, 0.6) is 0 Å². The number of carboxylic acid groups (broad SMARTS) is 2. The highest BCUT2D eigenvalue weighted by Crippen LogP contribution is 2.45. The molecule has 0 radical (unpaired) electrons. The van der Waals surface area contributed by atoms with E-state index in [0.717, 1.165) is 16.4 Å². The molecule has 10 N–H and O–H groups in total. The van der Waals surface area contributed by atoms with Gasteiger partial charge in [0.25, 0.3) is 0 Å². The van der Waals surface area contributed by atoms with E-state index in [1.165, 1.54) is 36.5 Å². The Morgan fingerprint density at radius 2 is 1.98 bits per heavy atom. The molecule has 2 aliphatic rings. The lowest BCUT2D eigenvalue weighted by Crippen LogP contribution is -2.62. The monoisotopic (exact) mass is 666 g/mol. The fourth-order valence-electron chi connectivity index (χ4n) is 4.39. The van der Waals surface area contributed by atoms with Crippen molar-refractivity contribution < 1.29 is 43.7 Å². The molecule has 1 fully saturated rings. The molecular weight excluding hydrogens is 634 g/mol. The van der Waals surface area contributed by atoms with E-state index >= 15 is 0 Å². The van der Waals surface area contributed by atoms with Crippen molar-refractivity contribution >= 4 is 75.3 Å². The number of nitrogens with one attached hydrogen (secondary N) is 2. The molecule has 2 aromatic rings. The Morgan fingerprint density at radius 3 is 2.58 bits per heavy atom. The van der Waals surface area contributed by atoms with Gasteiger partial charge in [-0.1, -0.05) is 5.16 Å². The molecule has 21 heteroatoms. The van der Waals surface area contributed by atoms with Gasteiger partial charge in [0, 0.05) is 42.4 Å². The van der Waals surface area contributed by atoms with Crippen molar-refractivity contribution in [2.24, 2.45) is 23.9 Å². The second-order valence-electron chi connectivity index (χ2n) is 10.4. The number of oxime groups is 1. The lowest BCUT2D eigenvalue weighted by atomic mass is 9.89. The summed E-state index contributed by atoms with van der Waals surface area (Å²) in [7, 11) is 1.62. The Balaban J connectivity index is 1.54. The summed E-state index contributed by atoms with van der Waals surface area (Å²) < 4.78 is 7.07. The largest absolute Gasteiger partial charge is 0.478 e. The minimum Gasteiger partial charge on any atom is -0.478 e. The lowest BCUT2D eigenvalue weighted by Gasteiger charge is -2.49. The van der Waals surface area contributed by atoms with E-state index in [0.29, 0.717) is 5.57 Å². The third-order valence-corrected chi connectivity index (χ3v) is 8.82. The first-order valence-corrected chi connectivity index (χ1v) is 15.1. The molecule has 2 aromatic heterocycles. The van der Waals surface area contributed by atoms with Crippen LogP contribution >= 0.6 is 23.3 Å². The van der Waals surface area contributed by atoms with Gasteiger partial charge in [-0.3, -0.25) is 19.8 Å². The van der Waals surface area contributed by atoms with Crippen LogP contribution in [-0.4, -0.2) is 94.3 Å². The highest BCUT2D eigenvalue weighted by atomic mass is 32.2. The number of Topliss-reactive ketones (excluding diaryl/α,β-unsaturated/α-hetero) is 1. The summed E-state index contributed by atoms with van der Waals surface area (Å²) in [6, 6.07) is -0.516. The number of nitrogen functional groups attached to an aromatic ring is 2. The van der Waals surface area contributed by atoms with Gasteiger partial charge in [-0.15, -0.1) is 21.1 Å². The molecule has 4 rings (SSSR count). The van der Waals surface area contributed by atoms with Gasteiger partial charge in [0.1, 0.15) is 5.70 Å². The number of thioether (sulfide) groups is 1. The van der Waals surface area contributed by atoms with Crippen LogP contribution in [0.15, 0.2) is 22.6 Å². The fraction of sp³-hybridized carbons (Fsp3) is 0.458. The van der Waals surface area contributed by atoms with E-state index in [1.807, 2.05) is 0 Å². The number of aromatic nitrogens is 4. The van der Waals surface area contributed by atoms with Crippen LogP contribution in [0.3, 0.4) is 0 Å². The molecule has 0 aliphatic carbocycles. The number of carbonyl (C=O) groups excluding carboxylic acids is 3. The summed E-state index contributed by atoms with van der Waals surface area (Å²) in [6.45, 7) is 2.99. The number of nitrogens with zero attached hydrogens (tertiary/aromatic N) is 6. The van der Waals surface area contributed by atoms with Gasteiger partial charge in [-0.2, -0.15) is 9.36 Å². The standard InChI is InChI=1S/C24H31N11O8S2/c1-24(2,21(40)41)43-31-14(17-30-22(27)45-32-17)13(36)6-11-18(37)35-15(20(38)39)10(9-44-19(11)35)7-34-8-12(16(26)33(34)3)29-23(42)28-5-4-25/h8,11,19,26H,4-7,9,25H2,1-3H3,(H6,27,28,29,30,32,38,39,40,41,42)/p+1/b31-14+/t11-,19?/m0/s1. The smallest absolute Gasteiger partial charge is 0.352 e. The molecule has 0 bridgehead atoms. The van der Waals surface area contributed by atoms with Crippen LogP contribution in [0.1, 0.15) is 26.1 Å². The Hall–Kier alpha value is -4.76. The molecule has 4 heterocycles. The number of nitrogens with two attached hydrogens (primary N) is 3. The van der Waals surface area contributed by atoms with Crippen LogP contribution < -0.4 is 32.5 Å². The van der Waals surface area contributed by atoms with Crippen LogP contribution in [0, 0.1) is 5.92 Å². The third-order valence-electron chi connectivity index (χ3n) is 6.88. The van der Waals surface area contributed by atoms with E-state index in [-0.39, 0.29) is 53.5 Å². The zero-order valence-corrected chi connectivity index (χ0v) is 26.0. The number of urea groups is 1. The Kier molecular flexibility index (Phi) is 9.63. The van der Waals surface area contributed by atoms with Crippen molar-refractivity contribution in [2.45, 2.75) is 37.8 Å². The summed E-state index contributed by atoms with van der Waals surface area (Å²) in [5.41, 5.74) is 15.4. The fourth-order valence-corrected chi connectivity index (χ4v) is 6.23. The maximum Gasteiger partial charge on any atom is 0.352 e. The predicted molar refractivity (Wildman–Crippen MR) is 161 cm³/mol. The molecule has 0 spiro atoms. The number of rotatable bonds is 13. The number of aliphatic carboxylic acids is 2. The molecule has 0 saturated carbocycles. The lowest BCUT2D eigenvalue weighted by molar-refractivity contribution is -0.765. The zero-order valence-electron chi connectivity index (χ0n) is 24.3. The van der Waals surface area contributed by atoms with Gasteiger partial charge in [-0.05, 0) is 13.8 Å².